The molecule has 4 heteroatoms. The van der Waals surface area contributed by atoms with Crippen molar-refractivity contribution in [3.63, 3.8) is 0 Å². The minimum atomic E-state index is 0.706. The molecule has 0 saturated heterocycles. The highest BCUT2D eigenvalue weighted by Crippen LogP contribution is 2.27. The van der Waals surface area contributed by atoms with E-state index < -0.39 is 0 Å². The van der Waals surface area contributed by atoms with Crippen molar-refractivity contribution >= 4 is 23.0 Å². The number of aromatic nitrogens is 1. The highest BCUT2D eigenvalue weighted by Gasteiger charge is 2.13. The molecule has 1 aromatic carbocycles. The van der Waals surface area contributed by atoms with Gasteiger partial charge in [-0.15, -0.1) is 0 Å². The number of nitrogens with one attached hydrogen (secondary N) is 1. The molecule has 3 rings (SSSR count). The van der Waals surface area contributed by atoms with Crippen LogP contribution in [0, 0.1) is 0 Å². The summed E-state index contributed by atoms with van der Waals surface area (Å²) < 4.78 is 0. The average Bonchev–Trinajstić information content (AvgIpc) is 2.46. The van der Waals surface area contributed by atoms with Crippen molar-refractivity contribution < 1.29 is 0 Å². The maximum atomic E-state index is 6.12. The summed E-state index contributed by atoms with van der Waals surface area (Å²) in [6.07, 6.45) is 5.85. The molecule has 2 heterocycles. The number of anilines is 2. The van der Waals surface area contributed by atoms with E-state index in [1.54, 1.807) is 18.5 Å². The number of fused-ring (bicyclic) bond motifs is 1. The summed E-state index contributed by atoms with van der Waals surface area (Å²) >= 11 is 6.12. The molecule has 0 spiro atoms. The zero-order valence-electron chi connectivity index (χ0n) is 11.6. The molecule has 0 aliphatic carbocycles. The summed E-state index contributed by atoms with van der Waals surface area (Å²) in [4.78, 5) is 6.41. The molecule has 0 atom stereocenters. The van der Waals surface area contributed by atoms with Crippen molar-refractivity contribution in [1.82, 2.24) is 4.98 Å². The Morgan fingerprint density at radius 1 is 1.35 bits per heavy atom. The van der Waals surface area contributed by atoms with Crippen molar-refractivity contribution in [2.45, 2.75) is 19.4 Å². The van der Waals surface area contributed by atoms with Crippen molar-refractivity contribution in [1.29, 1.82) is 0 Å². The second-order valence-electron chi connectivity index (χ2n) is 5.20. The smallest absolute Gasteiger partial charge is 0.0718 e. The van der Waals surface area contributed by atoms with Gasteiger partial charge in [-0.2, -0.15) is 0 Å². The van der Waals surface area contributed by atoms with Gasteiger partial charge in [-0.3, -0.25) is 4.98 Å². The van der Waals surface area contributed by atoms with Crippen LogP contribution in [0.5, 0.6) is 0 Å². The Hall–Kier alpha value is -1.74. The molecule has 0 fully saturated rings. The molecule has 20 heavy (non-hydrogen) atoms. The van der Waals surface area contributed by atoms with E-state index in [0.29, 0.717) is 5.02 Å². The Kier molecular flexibility index (Phi) is 3.79. The van der Waals surface area contributed by atoms with Crippen LogP contribution in [0.15, 0.2) is 36.7 Å². The molecule has 0 amide bonds. The highest BCUT2D eigenvalue weighted by atomic mass is 35.5. The second-order valence-corrected chi connectivity index (χ2v) is 5.60. The first-order chi connectivity index (χ1) is 9.74. The Labute approximate surface area is 124 Å². The maximum Gasteiger partial charge on any atom is 0.0718 e. The third-order valence-electron chi connectivity index (χ3n) is 3.75. The number of aryl methyl sites for hydroxylation is 1. The molecular formula is C16H18ClN3. The lowest BCUT2D eigenvalue weighted by Crippen LogP contribution is -2.24. The fourth-order valence-electron chi connectivity index (χ4n) is 2.65. The monoisotopic (exact) mass is 287 g/mol. The van der Waals surface area contributed by atoms with Crippen LogP contribution < -0.4 is 10.2 Å². The first-order valence-corrected chi connectivity index (χ1v) is 7.28. The summed E-state index contributed by atoms with van der Waals surface area (Å²) in [7, 11) is 2.16. The van der Waals surface area contributed by atoms with Crippen molar-refractivity contribution in [3.05, 3.63) is 52.8 Å². The van der Waals surface area contributed by atoms with E-state index in [2.05, 4.69) is 40.4 Å². The number of pyridine rings is 1. The average molecular weight is 288 g/mol. The fraction of sp³-hybridized carbons (Fsp3) is 0.312. The lowest BCUT2D eigenvalue weighted by atomic mass is 9.99. The van der Waals surface area contributed by atoms with E-state index in [1.165, 1.54) is 29.7 Å². The van der Waals surface area contributed by atoms with Crippen LogP contribution in [-0.2, 0) is 13.0 Å². The topological polar surface area (TPSA) is 28.2 Å². The minimum absolute atomic E-state index is 0.706. The zero-order valence-corrected chi connectivity index (χ0v) is 12.3. The fourth-order valence-corrected chi connectivity index (χ4v) is 2.83. The largest absolute Gasteiger partial charge is 0.379 e. The van der Waals surface area contributed by atoms with Gasteiger partial charge in [-0.05, 0) is 36.1 Å². The highest BCUT2D eigenvalue weighted by molar-refractivity contribution is 6.33. The van der Waals surface area contributed by atoms with Crippen molar-refractivity contribution in [2.24, 2.45) is 0 Å². The van der Waals surface area contributed by atoms with Gasteiger partial charge in [-0.25, -0.2) is 0 Å². The molecule has 1 aliphatic heterocycles. The minimum Gasteiger partial charge on any atom is -0.379 e. The van der Waals surface area contributed by atoms with Gasteiger partial charge in [0.1, 0.15) is 0 Å². The number of rotatable bonds is 3. The van der Waals surface area contributed by atoms with Crippen LogP contribution in [0.25, 0.3) is 0 Å². The standard InChI is InChI=1S/C16H18ClN3/c1-20-8-2-3-13-9-12(4-5-16(13)20)10-19-15-11-18-7-6-14(15)17/h4-7,9,11,19H,2-3,8,10H2,1H3. The van der Waals surface area contributed by atoms with E-state index in [-0.39, 0.29) is 0 Å². The summed E-state index contributed by atoms with van der Waals surface area (Å²) in [5.41, 5.74) is 4.96. The van der Waals surface area contributed by atoms with Gasteiger partial charge in [0, 0.05) is 32.0 Å². The zero-order chi connectivity index (χ0) is 13.9. The molecule has 0 saturated carbocycles. The van der Waals surface area contributed by atoms with E-state index in [4.69, 9.17) is 11.6 Å². The van der Waals surface area contributed by atoms with Crippen LogP contribution in [0.4, 0.5) is 11.4 Å². The predicted molar refractivity (Wildman–Crippen MR) is 84.6 cm³/mol. The van der Waals surface area contributed by atoms with Gasteiger partial charge >= 0.3 is 0 Å². The molecule has 2 aromatic rings. The first-order valence-electron chi connectivity index (χ1n) is 6.90. The van der Waals surface area contributed by atoms with Crippen LogP contribution in [-0.4, -0.2) is 18.6 Å². The van der Waals surface area contributed by atoms with Crippen LogP contribution >= 0.6 is 11.6 Å². The van der Waals surface area contributed by atoms with Gasteiger partial charge < -0.3 is 10.2 Å². The molecule has 104 valence electrons. The molecule has 0 radical (unpaired) electrons. The van der Waals surface area contributed by atoms with Crippen molar-refractivity contribution in [2.75, 3.05) is 23.8 Å². The Balaban J connectivity index is 1.74. The summed E-state index contributed by atoms with van der Waals surface area (Å²) in [6.45, 7) is 1.91. The number of halogens is 1. The van der Waals surface area contributed by atoms with Crippen LogP contribution in [0.3, 0.4) is 0 Å². The summed E-state index contributed by atoms with van der Waals surface area (Å²) in [5.74, 6) is 0. The van der Waals surface area contributed by atoms with Crippen molar-refractivity contribution in [3.8, 4) is 0 Å². The van der Waals surface area contributed by atoms with Gasteiger partial charge in [0.25, 0.3) is 0 Å². The number of hydrogen-bond donors (Lipinski definition) is 1. The third kappa shape index (κ3) is 2.73. The van der Waals surface area contributed by atoms with E-state index in [9.17, 15) is 0 Å². The lowest BCUT2D eigenvalue weighted by molar-refractivity contribution is 0.743. The van der Waals surface area contributed by atoms with E-state index in [1.807, 2.05) is 0 Å². The quantitative estimate of drug-likeness (QED) is 0.932. The van der Waals surface area contributed by atoms with Gasteiger partial charge in [0.15, 0.2) is 0 Å². The SMILES string of the molecule is CN1CCCc2cc(CNc3cnccc3Cl)ccc21. The molecule has 3 nitrogen and oxygen atoms in total. The predicted octanol–water partition coefficient (Wildman–Crippen LogP) is 3.73. The molecule has 1 aliphatic rings. The Morgan fingerprint density at radius 3 is 3.10 bits per heavy atom. The molecule has 0 unspecified atom stereocenters. The van der Waals surface area contributed by atoms with Gasteiger partial charge in [-0.1, -0.05) is 23.7 Å². The Bertz CT molecular complexity index is 612. The summed E-state index contributed by atoms with van der Waals surface area (Å²) in [5, 5.41) is 4.05. The Morgan fingerprint density at radius 2 is 2.25 bits per heavy atom. The maximum absolute atomic E-state index is 6.12. The second kappa shape index (κ2) is 5.71. The first kappa shape index (κ1) is 13.3. The number of nitrogens with zero attached hydrogens (tertiary/aromatic N) is 2. The van der Waals surface area contributed by atoms with E-state index in [0.717, 1.165) is 18.8 Å². The lowest BCUT2D eigenvalue weighted by Gasteiger charge is -2.27. The van der Waals surface area contributed by atoms with Gasteiger partial charge in [0.2, 0.25) is 0 Å². The number of benzene rings is 1. The normalized spacial score (nSPS) is 14.0. The molecule has 1 N–H and O–H groups in total. The van der Waals surface area contributed by atoms with Gasteiger partial charge in [0.05, 0.1) is 16.9 Å². The number of hydrogen-bond acceptors (Lipinski definition) is 3. The van der Waals surface area contributed by atoms with Crippen LogP contribution in [0.1, 0.15) is 17.5 Å². The van der Waals surface area contributed by atoms with E-state index >= 15 is 0 Å². The summed E-state index contributed by atoms with van der Waals surface area (Å²) in [6, 6.07) is 8.49. The third-order valence-corrected chi connectivity index (χ3v) is 4.08. The van der Waals surface area contributed by atoms with Crippen LogP contribution in [0.2, 0.25) is 5.02 Å². The molecule has 1 aromatic heterocycles. The molecular weight excluding hydrogens is 270 g/mol. The molecule has 0 bridgehead atoms.